The normalized spacial score (nSPS) is 14.3. The molecular weight excluding hydrogens is 535 g/mol. The zero-order chi connectivity index (χ0) is 29.5. The van der Waals surface area contributed by atoms with Crippen molar-refractivity contribution in [1.29, 1.82) is 0 Å². The number of hydrogen-bond donors (Lipinski definition) is 1. The van der Waals surface area contributed by atoms with Crippen molar-refractivity contribution in [2.75, 3.05) is 39.5 Å². The Kier molecular flexibility index (Phi) is 7.43. The van der Waals surface area contributed by atoms with E-state index in [0.717, 1.165) is 28.5 Å². The summed E-state index contributed by atoms with van der Waals surface area (Å²) in [4.78, 5) is 36.9. The molecule has 9 nitrogen and oxygen atoms in total. The van der Waals surface area contributed by atoms with Crippen molar-refractivity contribution in [2.24, 2.45) is 7.05 Å². The number of anilines is 1. The van der Waals surface area contributed by atoms with Crippen molar-refractivity contribution in [2.45, 2.75) is 19.1 Å². The van der Waals surface area contributed by atoms with Gasteiger partial charge in [-0.1, -0.05) is 6.08 Å². The van der Waals surface area contributed by atoms with Crippen molar-refractivity contribution in [3.05, 3.63) is 87.9 Å². The molecule has 12 heteroatoms. The van der Waals surface area contributed by atoms with Gasteiger partial charge in [-0.15, -0.1) is 0 Å². The van der Waals surface area contributed by atoms with Gasteiger partial charge in [0.15, 0.2) is 0 Å². The van der Waals surface area contributed by atoms with E-state index < -0.39 is 17.6 Å². The Labute approximate surface area is 234 Å². The minimum absolute atomic E-state index is 0.104. The molecule has 0 atom stereocenters. The monoisotopic (exact) mass is 565 g/mol. The quantitative estimate of drug-likeness (QED) is 0.378. The van der Waals surface area contributed by atoms with Crippen molar-refractivity contribution in [3.8, 4) is 5.69 Å². The second-order valence-electron chi connectivity index (χ2n) is 10.2. The van der Waals surface area contributed by atoms with Crippen LogP contribution in [0.25, 0.3) is 22.3 Å². The third kappa shape index (κ3) is 5.47. The number of alkyl halides is 3. The van der Waals surface area contributed by atoms with Gasteiger partial charge in [-0.2, -0.15) is 13.2 Å². The molecule has 0 fully saturated rings. The summed E-state index contributed by atoms with van der Waals surface area (Å²) < 4.78 is 45.4. The van der Waals surface area contributed by atoms with Gasteiger partial charge in [-0.05, 0) is 36.3 Å². The molecule has 214 valence electrons. The molecule has 4 aromatic rings. The van der Waals surface area contributed by atoms with Crippen LogP contribution >= 0.6 is 0 Å². The highest BCUT2D eigenvalue weighted by molar-refractivity contribution is 5.94. The van der Waals surface area contributed by atoms with Gasteiger partial charge in [-0.3, -0.25) is 24.0 Å². The summed E-state index contributed by atoms with van der Waals surface area (Å²) in [5.41, 5.74) is 2.30. The van der Waals surface area contributed by atoms with E-state index in [0.29, 0.717) is 37.3 Å². The second-order valence-corrected chi connectivity index (χ2v) is 10.2. The summed E-state index contributed by atoms with van der Waals surface area (Å²) in [6.07, 6.45) is 2.09. The number of amides is 1. The Balaban J connectivity index is 1.40. The first-order chi connectivity index (χ1) is 19.5. The minimum atomic E-state index is -4.65. The minimum Gasteiger partial charge on any atom is -0.388 e. The first-order valence-electron chi connectivity index (χ1n) is 13.0. The highest BCUT2D eigenvalue weighted by atomic mass is 19.4. The number of carbonyl (C=O) groups is 1. The molecule has 5 rings (SSSR count). The maximum atomic E-state index is 13.9. The van der Waals surface area contributed by atoms with Crippen LogP contribution in [0, 0.1) is 0 Å². The molecule has 0 unspecified atom stereocenters. The highest BCUT2D eigenvalue weighted by Crippen LogP contribution is 2.36. The molecule has 0 aliphatic carbocycles. The van der Waals surface area contributed by atoms with Crippen LogP contribution in [-0.2, 0) is 19.8 Å². The molecule has 0 bridgehead atoms. The van der Waals surface area contributed by atoms with Gasteiger partial charge < -0.3 is 14.8 Å². The summed E-state index contributed by atoms with van der Waals surface area (Å²) in [6, 6.07) is 8.03. The summed E-state index contributed by atoms with van der Waals surface area (Å²) in [5.74, 6) is -0.536. The average Bonchev–Trinajstić information content (AvgIpc) is 3.27. The molecule has 0 saturated carbocycles. The fourth-order valence-corrected chi connectivity index (χ4v) is 5.06. The van der Waals surface area contributed by atoms with Crippen LogP contribution < -0.4 is 10.9 Å². The molecule has 5 heterocycles. The Hall–Kier alpha value is -4.45. The molecule has 1 aliphatic heterocycles. The van der Waals surface area contributed by atoms with E-state index in [4.69, 9.17) is 0 Å². The van der Waals surface area contributed by atoms with Gasteiger partial charge in [0.25, 0.3) is 11.5 Å². The molecule has 41 heavy (non-hydrogen) atoms. The molecule has 0 radical (unpaired) electrons. The van der Waals surface area contributed by atoms with Crippen LogP contribution in [-0.4, -0.2) is 69.0 Å². The van der Waals surface area contributed by atoms with E-state index in [9.17, 15) is 22.8 Å². The maximum Gasteiger partial charge on any atom is 0.418 e. The summed E-state index contributed by atoms with van der Waals surface area (Å²) in [5, 5.41) is 3.79. The molecule has 4 aromatic heterocycles. The lowest BCUT2D eigenvalue weighted by atomic mass is 9.98. The summed E-state index contributed by atoms with van der Waals surface area (Å²) in [6.45, 7) is 1.49. The van der Waals surface area contributed by atoms with Crippen LogP contribution in [0.3, 0.4) is 0 Å². The van der Waals surface area contributed by atoms with Gasteiger partial charge in [0.2, 0.25) is 0 Å². The SMILES string of the molecule is CNc1ccn(-c2ccnc3c2cc(CN2CC=C(c4ncc(C(=O)N(C)C)cc4C(F)(F)F)CC2)n3C)c(=O)c1. The number of aryl methyl sites for hydroxylation is 1. The van der Waals surface area contributed by atoms with Gasteiger partial charge in [-0.25, -0.2) is 4.98 Å². The zero-order valence-electron chi connectivity index (χ0n) is 23.2. The highest BCUT2D eigenvalue weighted by Gasteiger charge is 2.36. The number of nitrogens with zero attached hydrogens (tertiary/aromatic N) is 6. The molecule has 0 aromatic carbocycles. The van der Waals surface area contributed by atoms with E-state index in [1.54, 1.807) is 36.2 Å². The molecule has 1 amide bonds. The van der Waals surface area contributed by atoms with Crippen molar-refractivity contribution in [3.63, 3.8) is 0 Å². The molecule has 1 N–H and O–H groups in total. The first kappa shape index (κ1) is 28.1. The smallest absolute Gasteiger partial charge is 0.388 e. The van der Waals surface area contributed by atoms with Crippen LogP contribution in [0.15, 0.2) is 59.8 Å². The van der Waals surface area contributed by atoms with E-state index in [1.165, 1.54) is 31.3 Å². The predicted octanol–water partition coefficient (Wildman–Crippen LogP) is 4.17. The van der Waals surface area contributed by atoms with E-state index in [2.05, 4.69) is 20.2 Å². The molecule has 0 saturated heterocycles. The molecule has 0 spiro atoms. The Morgan fingerprint density at radius 2 is 1.93 bits per heavy atom. The standard InChI is InChI=1S/C29H30F3N7O2/c1-33-20-8-12-39(25(40)14-20)24-5-9-34-27-22(24)15-21(37(27)4)17-38-10-6-18(7-11-38)26-23(29(30,31)32)13-19(16-35-26)28(41)36(2)3/h5-6,8-9,12-16,33H,7,10-11,17H2,1-4H3. The lowest BCUT2D eigenvalue weighted by Crippen LogP contribution is -2.29. The number of carbonyl (C=O) groups excluding carboxylic acids is 1. The predicted molar refractivity (Wildman–Crippen MR) is 151 cm³/mol. The Morgan fingerprint density at radius 3 is 2.56 bits per heavy atom. The number of hydrogen-bond acceptors (Lipinski definition) is 6. The van der Waals surface area contributed by atoms with E-state index in [1.807, 2.05) is 23.7 Å². The summed E-state index contributed by atoms with van der Waals surface area (Å²) in [7, 11) is 6.62. The van der Waals surface area contributed by atoms with Crippen molar-refractivity contribution < 1.29 is 18.0 Å². The Morgan fingerprint density at radius 1 is 1.15 bits per heavy atom. The fourth-order valence-electron chi connectivity index (χ4n) is 5.06. The van der Waals surface area contributed by atoms with Gasteiger partial charge in [0, 0.05) is 89.2 Å². The number of nitrogens with one attached hydrogen (secondary N) is 1. The number of halogens is 3. The van der Waals surface area contributed by atoms with Gasteiger partial charge in [0.05, 0.1) is 22.5 Å². The van der Waals surface area contributed by atoms with E-state index in [-0.39, 0.29) is 16.8 Å². The molecular formula is C29H30F3N7O2. The number of pyridine rings is 3. The van der Waals surface area contributed by atoms with Crippen molar-refractivity contribution >= 4 is 28.2 Å². The third-order valence-electron chi connectivity index (χ3n) is 7.30. The first-order valence-corrected chi connectivity index (χ1v) is 13.0. The second kappa shape index (κ2) is 10.8. The topological polar surface area (TPSA) is 88.3 Å². The van der Waals surface area contributed by atoms with Crippen LogP contribution in [0.4, 0.5) is 18.9 Å². The van der Waals surface area contributed by atoms with Crippen LogP contribution in [0.2, 0.25) is 0 Å². The average molecular weight is 566 g/mol. The van der Waals surface area contributed by atoms with Crippen LogP contribution in [0.1, 0.15) is 33.7 Å². The van der Waals surface area contributed by atoms with Crippen LogP contribution in [0.5, 0.6) is 0 Å². The number of fused-ring (bicyclic) bond motifs is 1. The van der Waals surface area contributed by atoms with E-state index >= 15 is 0 Å². The Bertz CT molecular complexity index is 1720. The van der Waals surface area contributed by atoms with Gasteiger partial charge in [0.1, 0.15) is 5.65 Å². The lowest BCUT2D eigenvalue weighted by molar-refractivity contribution is -0.138. The lowest BCUT2D eigenvalue weighted by Gasteiger charge is -2.27. The number of aromatic nitrogens is 4. The van der Waals surface area contributed by atoms with Crippen molar-refractivity contribution in [1.82, 2.24) is 28.9 Å². The fraction of sp³-hybridized carbons (Fsp3) is 0.310. The zero-order valence-corrected chi connectivity index (χ0v) is 23.2. The maximum absolute atomic E-state index is 13.9. The van der Waals surface area contributed by atoms with Gasteiger partial charge >= 0.3 is 6.18 Å². The summed E-state index contributed by atoms with van der Waals surface area (Å²) >= 11 is 0. The number of rotatable bonds is 6. The third-order valence-corrected chi connectivity index (χ3v) is 7.30. The molecule has 1 aliphatic rings. The largest absolute Gasteiger partial charge is 0.418 e.